The first-order valence-corrected chi connectivity index (χ1v) is 9.25. The molecule has 2 fully saturated rings. The zero-order valence-corrected chi connectivity index (χ0v) is 15.3. The number of halogens is 1. The highest BCUT2D eigenvalue weighted by atomic mass is 35.5. The average Bonchev–Trinajstić information content (AvgIpc) is 2.54. The van der Waals surface area contributed by atoms with Crippen LogP contribution < -0.4 is 4.90 Å². The van der Waals surface area contributed by atoms with E-state index in [0.29, 0.717) is 22.8 Å². The Morgan fingerprint density at radius 1 is 1.21 bits per heavy atom. The maximum absolute atomic E-state index is 8.99. The highest BCUT2D eigenvalue weighted by molar-refractivity contribution is 6.32. The molecule has 0 bridgehead atoms. The van der Waals surface area contributed by atoms with E-state index < -0.39 is 0 Å². The molecule has 0 amide bonds. The van der Waals surface area contributed by atoms with Gasteiger partial charge in [-0.05, 0) is 50.8 Å². The fraction of sp³-hybridized carbons (Fsp3) is 0.632. The first-order valence-electron chi connectivity index (χ1n) is 8.87. The molecule has 1 aromatic rings. The minimum Gasteiger partial charge on any atom is -0.373 e. The first kappa shape index (κ1) is 17.5. The van der Waals surface area contributed by atoms with Crippen molar-refractivity contribution in [1.82, 2.24) is 4.90 Å². The van der Waals surface area contributed by atoms with Crippen LogP contribution in [0.1, 0.15) is 32.3 Å². The summed E-state index contributed by atoms with van der Waals surface area (Å²) in [7, 11) is 0. The molecule has 2 atom stereocenters. The second kappa shape index (κ2) is 7.74. The van der Waals surface area contributed by atoms with Crippen LogP contribution in [0.3, 0.4) is 0 Å². The molecule has 3 rings (SSSR count). The number of ether oxygens (including phenoxy) is 1. The summed E-state index contributed by atoms with van der Waals surface area (Å²) >= 11 is 6.17. The quantitative estimate of drug-likeness (QED) is 0.838. The van der Waals surface area contributed by atoms with Crippen molar-refractivity contribution in [1.29, 1.82) is 5.26 Å². The van der Waals surface area contributed by atoms with Crippen LogP contribution in [-0.2, 0) is 4.74 Å². The largest absolute Gasteiger partial charge is 0.373 e. The van der Waals surface area contributed by atoms with Gasteiger partial charge in [-0.15, -0.1) is 0 Å². The molecule has 130 valence electrons. The fourth-order valence-corrected chi connectivity index (χ4v) is 4.18. The minimum absolute atomic E-state index is 0.342. The minimum atomic E-state index is 0.342. The number of nitrogens with zero attached hydrogens (tertiary/aromatic N) is 3. The van der Waals surface area contributed by atoms with Crippen molar-refractivity contribution >= 4 is 17.3 Å². The molecule has 2 aliphatic rings. The summed E-state index contributed by atoms with van der Waals surface area (Å²) < 4.78 is 5.83. The second-order valence-electron chi connectivity index (χ2n) is 7.18. The molecule has 24 heavy (non-hydrogen) atoms. The van der Waals surface area contributed by atoms with Gasteiger partial charge in [0.15, 0.2) is 0 Å². The van der Waals surface area contributed by atoms with E-state index in [4.69, 9.17) is 21.6 Å². The van der Waals surface area contributed by atoms with Gasteiger partial charge in [0.05, 0.1) is 22.8 Å². The molecule has 0 aliphatic carbocycles. The molecule has 4 nitrogen and oxygen atoms in total. The lowest BCUT2D eigenvalue weighted by atomic mass is 9.95. The Hall–Kier alpha value is -1.28. The third-order valence-electron chi connectivity index (χ3n) is 5.06. The Morgan fingerprint density at radius 3 is 2.46 bits per heavy atom. The monoisotopic (exact) mass is 347 g/mol. The predicted octanol–water partition coefficient (Wildman–Crippen LogP) is 3.54. The van der Waals surface area contributed by atoms with E-state index in [1.54, 1.807) is 0 Å². The fourth-order valence-electron chi connectivity index (χ4n) is 3.96. The van der Waals surface area contributed by atoms with Gasteiger partial charge in [0.2, 0.25) is 0 Å². The molecule has 2 aliphatic heterocycles. The van der Waals surface area contributed by atoms with Crippen LogP contribution in [-0.4, -0.2) is 49.8 Å². The zero-order valence-electron chi connectivity index (χ0n) is 14.5. The van der Waals surface area contributed by atoms with Crippen LogP contribution in [0.25, 0.3) is 0 Å². The van der Waals surface area contributed by atoms with Crippen LogP contribution in [0.4, 0.5) is 5.69 Å². The Labute approximate surface area is 149 Å². The Balaban J connectivity index is 1.52. The van der Waals surface area contributed by atoms with E-state index in [-0.39, 0.29) is 0 Å². The van der Waals surface area contributed by atoms with Gasteiger partial charge in [0.1, 0.15) is 6.07 Å². The SMILES string of the molecule is CC1CN(CC2CCN(c3ccc(C#N)c(Cl)c3)CC2)CC(C)O1. The maximum atomic E-state index is 8.99. The number of anilines is 1. The van der Waals surface area contributed by atoms with Crippen molar-refractivity contribution in [3.8, 4) is 6.07 Å². The molecule has 0 radical (unpaired) electrons. The molecule has 0 saturated carbocycles. The Bertz CT molecular complexity index is 597. The van der Waals surface area contributed by atoms with E-state index in [0.717, 1.165) is 37.8 Å². The molecular weight excluding hydrogens is 322 g/mol. The van der Waals surface area contributed by atoms with E-state index >= 15 is 0 Å². The van der Waals surface area contributed by atoms with Crippen molar-refractivity contribution in [2.75, 3.05) is 37.6 Å². The second-order valence-corrected chi connectivity index (χ2v) is 7.59. The van der Waals surface area contributed by atoms with Gasteiger partial charge in [-0.2, -0.15) is 5.26 Å². The third-order valence-corrected chi connectivity index (χ3v) is 5.38. The summed E-state index contributed by atoms with van der Waals surface area (Å²) in [6, 6.07) is 7.87. The van der Waals surface area contributed by atoms with Gasteiger partial charge < -0.3 is 9.64 Å². The number of hydrogen-bond donors (Lipinski definition) is 0. The van der Waals surface area contributed by atoms with Crippen molar-refractivity contribution in [2.24, 2.45) is 5.92 Å². The van der Waals surface area contributed by atoms with E-state index in [1.807, 2.05) is 18.2 Å². The molecule has 5 heteroatoms. The number of nitriles is 1. The Morgan fingerprint density at radius 2 is 1.88 bits per heavy atom. The number of piperidine rings is 1. The van der Waals surface area contributed by atoms with Crippen LogP contribution in [0.15, 0.2) is 18.2 Å². The standard InChI is InChI=1S/C19H26ClN3O/c1-14-11-22(12-15(2)24-14)13-16-5-7-23(8-6-16)18-4-3-17(10-21)19(20)9-18/h3-4,9,14-16H,5-8,11-13H2,1-2H3. The summed E-state index contributed by atoms with van der Waals surface area (Å²) in [5.41, 5.74) is 1.68. The molecule has 0 N–H and O–H groups in total. The molecule has 2 unspecified atom stereocenters. The highest BCUT2D eigenvalue weighted by Gasteiger charge is 2.26. The first-order chi connectivity index (χ1) is 11.5. The van der Waals surface area contributed by atoms with Crippen LogP contribution >= 0.6 is 11.6 Å². The highest BCUT2D eigenvalue weighted by Crippen LogP contribution is 2.28. The van der Waals surface area contributed by atoms with E-state index in [9.17, 15) is 0 Å². The van der Waals surface area contributed by atoms with Crippen LogP contribution in [0, 0.1) is 17.2 Å². The summed E-state index contributed by atoms with van der Waals surface area (Å²) in [6.07, 6.45) is 3.10. The number of benzene rings is 1. The molecule has 0 aromatic heterocycles. The zero-order chi connectivity index (χ0) is 17.1. The average molecular weight is 348 g/mol. The van der Waals surface area contributed by atoms with Gasteiger partial charge in [0, 0.05) is 38.4 Å². The van der Waals surface area contributed by atoms with Crippen LogP contribution in [0.2, 0.25) is 5.02 Å². The number of morpholine rings is 1. The third kappa shape index (κ3) is 4.22. The molecule has 1 aromatic carbocycles. The lowest BCUT2D eigenvalue weighted by molar-refractivity contribution is -0.0720. The van der Waals surface area contributed by atoms with Crippen molar-refractivity contribution in [2.45, 2.75) is 38.9 Å². The summed E-state index contributed by atoms with van der Waals surface area (Å²) in [4.78, 5) is 4.95. The molecule has 2 saturated heterocycles. The van der Waals surface area contributed by atoms with Crippen molar-refractivity contribution in [3.05, 3.63) is 28.8 Å². The van der Waals surface area contributed by atoms with Gasteiger partial charge in [-0.1, -0.05) is 11.6 Å². The Kier molecular flexibility index (Phi) is 5.65. The number of hydrogen-bond acceptors (Lipinski definition) is 4. The van der Waals surface area contributed by atoms with Crippen LogP contribution in [0.5, 0.6) is 0 Å². The van der Waals surface area contributed by atoms with E-state index in [1.165, 1.54) is 19.4 Å². The topological polar surface area (TPSA) is 39.5 Å². The van der Waals surface area contributed by atoms with Crippen molar-refractivity contribution in [3.63, 3.8) is 0 Å². The van der Waals surface area contributed by atoms with Gasteiger partial charge in [-0.3, -0.25) is 4.90 Å². The summed E-state index contributed by atoms with van der Waals surface area (Å²) in [5, 5.41) is 9.54. The number of rotatable bonds is 3. The summed E-state index contributed by atoms with van der Waals surface area (Å²) in [5.74, 6) is 0.757. The smallest absolute Gasteiger partial charge is 0.101 e. The normalized spacial score (nSPS) is 26.3. The lowest BCUT2D eigenvalue weighted by Gasteiger charge is -2.40. The molecule has 0 spiro atoms. The van der Waals surface area contributed by atoms with Crippen molar-refractivity contribution < 1.29 is 4.74 Å². The van der Waals surface area contributed by atoms with Gasteiger partial charge in [0.25, 0.3) is 0 Å². The van der Waals surface area contributed by atoms with E-state index in [2.05, 4.69) is 29.7 Å². The molecule has 2 heterocycles. The molecular formula is C19H26ClN3O. The predicted molar refractivity (Wildman–Crippen MR) is 97.6 cm³/mol. The van der Waals surface area contributed by atoms with Gasteiger partial charge >= 0.3 is 0 Å². The summed E-state index contributed by atoms with van der Waals surface area (Å²) in [6.45, 7) is 9.73. The maximum Gasteiger partial charge on any atom is 0.101 e. The lowest BCUT2D eigenvalue weighted by Crippen LogP contribution is -2.48. The van der Waals surface area contributed by atoms with Gasteiger partial charge in [-0.25, -0.2) is 0 Å².